The molecule has 0 spiro atoms. The third kappa shape index (κ3) is 3.89. The second-order valence-corrected chi connectivity index (χ2v) is 0.910. The highest BCUT2D eigenvalue weighted by Crippen LogP contribution is 1.75. The number of hydrogen-bond acceptors (Lipinski definition) is 1. The molecule has 0 aliphatic rings. The van der Waals surface area contributed by atoms with Crippen LogP contribution in [0.1, 0.15) is 0 Å². The lowest BCUT2D eigenvalue weighted by atomic mass is 10.9. The second-order valence-electron chi connectivity index (χ2n) is 0.489. The Bertz CT molecular complexity index is 44.9. The van der Waals surface area contributed by atoms with Gasteiger partial charge < -0.3 is 0 Å². The van der Waals surface area contributed by atoms with Gasteiger partial charge in [-0.3, -0.25) is 4.79 Å². The van der Waals surface area contributed by atoms with E-state index in [1.54, 1.807) is 0 Å². The first kappa shape index (κ1) is 4.89. The molecule has 0 fully saturated rings. The number of halogens is 2. The molecule has 0 aliphatic heterocycles. The van der Waals surface area contributed by atoms with Gasteiger partial charge in [0.15, 0.2) is 6.67 Å². The summed E-state index contributed by atoms with van der Waals surface area (Å²) in [5.41, 5.74) is 0. The summed E-state index contributed by atoms with van der Waals surface area (Å²) in [4.78, 5) is 9.20. The molecule has 30 valence electrons. The normalized spacial score (nSPS) is 7.60. The Labute approximate surface area is 33.7 Å². The van der Waals surface area contributed by atoms with E-state index in [2.05, 4.69) is 11.6 Å². The van der Waals surface area contributed by atoms with Gasteiger partial charge in [0.2, 0.25) is 0 Å². The molecule has 0 heterocycles. The zero-order chi connectivity index (χ0) is 4.28. The molecule has 0 aliphatic carbocycles. The maximum absolute atomic E-state index is 10.6. The van der Waals surface area contributed by atoms with Gasteiger partial charge in [0.05, 0.1) is 0 Å². The predicted molar refractivity (Wildman–Crippen MR) is 16.8 cm³/mol. The van der Waals surface area contributed by atoms with Crippen LogP contribution in [-0.2, 0) is 4.79 Å². The van der Waals surface area contributed by atoms with Crippen LogP contribution in [0.15, 0.2) is 0 Å². The molecule has 5 heavy (non-hydrogen) atoms. The van der Waals surface area contributed by atoms with Crippen molar-refractivity contribution in [2.24, 2.45) is 0 Å². The summed E-state index contributed by atoms with van der Waals surface area (Å²) in [7, 11) is 0. The van der Waals surface area contributed by atoms with Crippen molar-refractivity contribution in [2.45, 2.75) is 0 Å². The molecule has 1 nitrogen and oxygen atoms in total. The van der Waals surface area contributed by atoms with Crippen LogP contribution < -0.4 is 0 Å². The van der Waals surface area contributed by atoms with Crippen molar-refractivity contribution in [1.82, 2.24) is 0 Å². The van der Waals surface area contributed by atoms with E-state index in [9.17, 15) is 9.18 Å². The third-order valence-corrected chi connectivity index (χ3v) is 0.206. The standard InChI is InChI=1S/C2H2ClFO/c3-2(5)1-4/h1H2/i4-1. The van der Waals surface area contributed by atoms with Gasteiger partial charge in [-0.15, -0.1) is 0 Å². The molecule has 0 N–H and O–H groups in total. The molecule has 0 saturated carbocycles. The van der Waals surface area contributed by atoms with E-state index in [1.807, 2.05) is 0 Å². The summed E-state index contributed by atoms with van der Waals surface area (Å²) >= 11 is 4.45. The van der Waals surface area contributed by atoms with Gasteiger partial charge in [-0.25, -0.2) is 4.39 Å². The van der Waals surface area contributed by atoms with E-state index in [0.717, 1.165) is 0 Å². The molecule has 3 heteroatoms. The van der Waals surface area contributed by atoms with Crippen molar-refractivity contribution in [2.75, 3.05) is 6.67 Å². The topological polar surface area (TPSA) is 17.1 Å². The van der Waals surface area contributed by atoms with Gasteiger partial charge in [-0.05, 0) is 11.6 Å². The average molecular weight is 95.5 g/mol. The number of alkyl halides is 1. The van der Waals surface area contributed by atoms with Gasteiger partial charge in [-0.1, -0.05) is 0 Å². The molecule has 0 amide bonds. The average Bonchev–Trinajstić information content (AvgIpc) is 1.38. The van der Waals surface area contributed by atoms with E-state index < -0.39 is 11.9 Å². The third-order valence-electron chi connectivity index (χ3n) is 0.105. The largest absolute Gasteiger partial charge is 0.278 e. The maximum Gasteiger partial charge on any atom is 0.252 e. The minimum atomic E-state index is -1.07. The summed E-state index contributed by atoms with van der Waals surface area (Å²) < 4.78 is 10.6. The number of carbonyl (C=O) groups is 1. The van der Waals surface area contributed by atoms with Crippen LogP contribution >= 0.6 is 11.6 Å². The van der Waals surface area contributed by atoms with Crippen LogP contribution in [0.4, 0.5) is 4.39 Å². The fourth-order valence-electron chi connectivity index (χ4n) is 0. The van der Waals surface area contributed by atoms with E-state index in [0.29, 0.717) is 0 Å². The van der Waals surface area contributed by atoms with E-state index in [-0.39, 0.29) is 0 Å². The van der Waals surface area contributed by atoms with Crippen molar-refractivity contribution in [3.63, 3.8) is 0 Å². The van der Waals surface area contributed by atoms with Gasteiger partial charge in [0.1, 0.15) is 0 Å². The molecule has 0 aromatic rings. The molecule has 0 atom stereocenters. The van der Waals surface area contributed by atoms with Crippen LogP contribution in [-0.4, -0.2) is 11.9 Å². The Kier molecular flexibility index (Phi) is 2.10. The number of carbonyl (C=O) groups excluding carboxylic acids is 1. The fourth-order valence-corrected chi connectivity index (χ4v) is 0. The van der Waals surface area contributed by atoms with Gasteiger partial charge in [0, 0.05) is 0 Å². The lowest BCUT2D eigenvalue weighted by Gasteiger charge is -1.65. The van der Waals surface area contributed by atoms with Crippen molar-refractivity contribution >= 4 is 16.8 Å². The molecule has 0 aromatic carbocycles. The maximum atomic E-state index is 10.6. The van der Waals surface area contributed by atoms with Crippen LogP contribution in [0.2, 0.25) is 0 Å². The van der Waals surface area contributed by atoms with Gasteiger partial charge in [0.25, 0.3) is 5.24 Å². The molecule has 0 radical (unpaired) electrons. The first-order valence-electron chi connectivity index (χ1n) is 1.01. The van der Waals surface area contributed by atoms with Gasteiger partial charge >= 0.3 is 0 Å². The van der Waals surface area contributed by atoms with Crippen molar-refractivity contribution in [1.29, 1.82) is 0 Å². The number of hydrogen-bond donors (Lipinski definition) is 0. The van der Waals surface area contributed by atoms with Crippen LogP contribution in [0.3, 0.4) is 0 Å². The summed E-state index contributed by atoms with van der Waals surface area (Å²) in [6.45, 7) is -1.07. The zero-order valence-corrected chi connectivity index (χ0v) is 3.13. The molecule has 0 unspecified atom stereocenters. The Morgan fingerprint density at radius 1 is 2.00 bits per heavy atom. The number of rotatable bonds is 1. The molecule has 0 saturated heterocycles. The van der Waals surface area contributed by atoms with Crippen molar-refractivity contribution in [3.05, 3.63) is 0 Å². The van der Waals surface area contributed by atoms with Crippen LogP contribution in [0, 0.1) is 0 Å². The highest BCUT2D eigenvalue weighted by Gasteiger charge is 1.85. The Morgan fingerprint density at radius 2 is 2.20 bits per heavy atom. The van der Waals surface area contributed by atoms with Crippen LogP contribution in [0.5, 0.6) is 0 Å². The first-order valence-corrected chi connectivity index (χ1v) is 1.39. The summed E-state index contributed by atoms with van der Waals surface area (Å²) in [5.74, 6) is 0. The first-order chi connectivity index (χ1) is 2.27. The second kappa shape index (κ2) is 2.15. The lowest BCUT2D eigenvalue weighted by molar-refractivity contribution is -0.112. The Morgan fingerprint density at radius 3 is 2.20 bits per heavy atom. The fraction of sp³-hybridized carbons (Fsp3) is 0.500. The monoisotopic (exact) mass is 95.0 g/mol. The predicted octanol–water partition coefficient (Wildman–Crippen LogP) is 0.721. The molecule has 0 rings (SSSR count). The molecule has 0 bridgehead atoms. The highest BCUT2D eigenvalue weighted by molar-refractivity contribution is 6.63. The molecular formula is C2H2ClFO. The summed E-state index contributed by atoms with van der Waals surface area (Å²) in [6, 6.07) is 0. The molecule has 0 aromatic heterocycles. The SMILES string of the molecule is O=C(Cl)C[18F]. The van der Waals surface area contributed by atoms with Gasteiger partial charge in [-0.2, -0.15) is 0 Å². The lowest BCUT2D eigenvalue weighted by Crippen LogP contribution is -1.82. The Balaban J connectivity index is 2.85. The van der Waals surface area contributed by atoms with E-state index in [1.165, 1.54) is 0 Å². The van der Waals surface area contributed by atoms with E-state index >= 15 is 0 Å². The van der Waals surface area contributed by atoms with E-state index in [4.69, 9.17) is 0 Å². The summed E-state index contributed by atoms with van der Waals surface area (Å²) in [6.07, 6.45) is 0. The van der Waals surface area contributed by atoms with Crippen LogP contribution in [0.25, 0.3) is 0 Å². The quantitative estimate of drug-likeness (QED) is 0.439. The highest BCUT2D eigenvalue weighted by atomic mass is 35.5. The minimum Gasteiger partial charge on any atom is -0.278 e. The smallest absolute Gasteiger partial charge is 0.252 e. The van der Waals surface area contributed by atoms with Crippen molar-refractivity contribution in [3.8, 4) is 0 Å². The zero-order valence-electron chi connectivity index (χ0n) is 2.37. The Hall–Kier alpha value is -0.110. The summed E-state index contributed by atoms with van der Waals surface area (Å²) in [5, 5.41) is -0.940. The van der Waals surface area contributed by atoms with Crippen molar-refractivity contribution < 1.29 is 9.18 Å². The minimum absolute atomic E-state index is 0.940. The molecular weight excluding hydrogens is 93.5 g/mol.